The fraction of sp³-hybridized carbons (Fsp3) is 0.385. The van der Waals surface area contributed by atoms with Gasteiger partial charge in [0, 0.05) is 6.04 Å². The Kier molecular flexibility index (Phi) is 4.20. The van der Waals surface area contributed by atoms with Gasteiger partial charge in [0.2, 0.25) is 0 Å². The van der Waals surface area contributed by atoms with Crippen LogP contribution in [0.4, 0.5) is 0 Å². The zero-order valence-corrected chi connectivity index (χ0v) is 9.27. The lowest BCUT2D eigenvalue weighted by Crippen LogP contribution is -2.27. The van der Waals surface area contributed by atoms with Crippen molar-refractivity contribution in [1.29, 1.82) is 0 Å². The number of rotatable bonds is 4. The highest BCUT2D eigenvalue weighted by molar-refractivity contribution is 5.29. The van der Waals surface area contributed by atoms with E-state index in [-0.39, 0.29) is 6.04 Å². The maximum Gasteiger partial charge on any atom is 0.115 e. The molecule has 0 aliphatic heterocycles. The van der Waals surface area contributed by atoms with Gasteiger partial charge in [0.25, 0.3) is 0 Å². The largest absolute Gasteiger partial charge is 0.508 e. The van der Waals surface area contributed by atoms with Crippen LogP contribution in [0.3, 0.4) is 0 Å². The first-order valence-corrected chi connectivity index (χ1v) is 5.15. The molecule has 80 valence electrons. The summed E-state index contributed by atoms with van der Waals surface area (Å²) in [4.78, 5) is 2.18. The predicted octanol–water partition coefficient (Wildman–Crippen LogP) is 2.41. The van der Waals surface area contributed by atoms with E-state index in [4.69, 9.17) is 6.42 Å². The number of terminal acetylenes is 1. The number of benzene rings is 1. The van der Waals surface area contributed by atoms with E-state index < -0.39 is 0 Å². The van der Waals surface area contributed by atoms with Crippen LogP contribution in [0.15, 0.2) is 24.3 Å². The highest BCUT2D eigenvalue weighted by Gasteiger charge is 2.12. The molecule has 0 saturated carbocycles. The summed E-state index contributed by atoms with van der Waals surface area (Å²) < 4.78 is 0. The van der Waals surface area contributed by atoms with Gasteiger partial charge < -0.3 is 5.11 Å². The van der Waals surface area contributed by atoms with Gasteiger partial charge in [0.15, 0.2) is 0 Å². The lowest BCUT2D eigenvalue weighted by molar-refractivity contribution is 0.250. The summed E-state index contributed by atoms with van der Waals surface area (Å²) in [5.74, 6) is 2.95. The van der Waals surface area contributed by atoms with Crippen LogP contribution >= 0.6 is 0 Å². The first kappa shape index (κ1) is 11.6. The van der Waals surface area contributed by atoms with E-state index in [1.165, 1.54) is 0 Å². The predicted molar refractivity (Wildman–Crippen MR) is 62.6 cm³/mol. The average Bonchev–Trinajstić information content (AvgIpc) is 2.25. The molecule has 0 spiro atoms. The summed E-state index contributed by atoms with van der Waals surface area (Å²) in [7, 11) is 0. The lowest BCUT2D eigenvalue weighted by Gasteiger charge is -2.26. The summed E-state index contributed by atoms with van der Waals surface area (Å²) in [6, 6.07) is 7.55. The molecule has 15 heavy (non-hydrogen) atoms. The van der Waals surface area contributed by atoms with Crippen molar-refractivity contribution in [2.24, 2.45) is 0 Å². The van der Waals surface area contributed by atoms with Gasteiger partial charge >= 0.3 is 0 Å². The standard InChI is InChI=1S/C13H17NO/c1-4-9-14(5-2)11(3)12-7-6-8-13(15)10-12/h1,6-8,10-11,15H,5,9H2,2-3H3/t11-/m0/s1. The summed E-state index contributed by atoms with van der Waals surface area (Å²) in [6.07, 6.45) is 5.31. The van der Waals surface area contributed by atoms with E-state index in [2.05, 4.69) is 24.7 Å². The second-order valence-electron chi connectivity index (χ2n) is 3.54. The van der Waals surface area contributed by atoms with Crippen molar-refractivity contribution >= 4 is 0 Å². The van der Waals surface area contributed by atoms with Gasteiger partial charge in [-0.05, 0) is 31.2 Å². The SMILES string of the molecule is C#CCN(CC)[C@@H](C)c1cccc(O)c1. The van der Waals surface area contributed by atoms with Gasteiger partial charge in [0.1, 0.15) is 5.75 Å². The number of hydrogen-bond donors (Lipinski definition) is 1. The number of nitrogens with zero attached hydrogens (tertiary/aromatic N) is 1. The Hall–Kier alpha value is -1.46. The first-order valence-electron chi connectivity index (χ1n) is 5.15. The van der Waals surface area contributed by atoms with Gasteiger partial charge in [-0.2, -0.15) is 0 Å². The molecule has 0 unspecified atom stereocenters. The molecule has 1 aromatic carbocycles. The molecule has 2 heteroatoms. The Morgan fingerprint density at radius 3 is 2.80 bits per heavy atom. The molecule has 0 heterocycles. The molecule has 0 fully saturated rings. The first-order chi connectivity index (χ1) is 7.19. The highest BCUT2D eigenvalue weighted by Crippen LogP contribution is 2.22. The van der Waals surface area contributed by atoms with E-state index >= 15 is 0 Å². The maximum atomic E-state index is 9.39. The highest BCUT2D eigenvalue weighted by atomic mass is 16.3. The van der Waals surface area contributed by atoms with Gasteiger partial charge in [-0.15, -0.1) is 6.42 Å². The van der Waals surface area contributed by atoms with Crippen LogP contribution in [-0.4, -0.2) is 23.1 Å². The number of aromatic hydroxyl groups is 1. The van der Waals surface area contributed by atoms with Gasteiger partial charge in [-0.1, -0.05) is 25.0 Å². The van der Waals surface area contributed by atoms with Crippen LogP contribution in [0, 0.1) is 12.3 Å². The third-order valence-corrected chi connectivity index (χ3v) is 2.60. The number of phenols is 1. The normalized spacial score (nSPS) is 12.4. The van der Waals surface area contributed by atoms with Crippen LogP contribution in [0.25, 0.3) is 0 Å². The van der Waals surface area contributed by atoms with E-state index in [1.807, 2.05) is 12.1 Å². The van der Waals surface area contributed by atoms with Gasteiger partial charge in [-0.25, -0.2) is 0 Å². The zero-order chi connectivity index (χ0) is 11.3. The summed E-state index contributed by atoms with van der Waals surface area (Å²) in [6.45, 7) is 5.71. The molecule has 2 nitrogen and oxygen atoms in total. The second kappa shape index (κ2) is 5.43. The minimum atomic E-state index is 0.234. The van der Waals surface area contributed by atoms with Gasteiger partial charge in [-0.3, -0.25) is 4.90 Å². The van der Waals surface area contributed by atoms with Gasteiger partial charge in [0.05, 0.1) is 6.54 Å². The molecule has 0 aliphatic rings. The molecular weight excluding hydrogens is 186 g/mol. The Balaban J connectivity index is 2.83. The molecule has 0 aromatic heterocycles. The molecule has 0 bridgehead atoms. The average molecular weight is 203 g/mol. The minimum Gasteiger partial charge on any atom is -0.508 e. The Bertz CT molecular complexity index is 354. The van der Waals surface area contributed by atoms with Crippen molar-refractivity contribution < 1.29 is 5.11 Å². The molecule has 0 amide bonds. The van der Waals surface area contributed by atoms with Crippen molar-refractivity contribution in [3.63, 3.8) is 0 Å². The molecule has 1 N–H and O–H groups in total. The molecule has 1 rings (SSSR count). The smallest absolute Gasteiger partial charge is 0.115 e. The van der Waals surface area contributed by atoms with Crippen molar-refractivity contribution in [2.75, 3.05) is 13.1 Å². The minimum absolute atomic E-state index is 0.234. The van der Waals surface area contributed by atoms with E-state index in [1.54, 1.807) is 12.1 Å². The van der Waals surface area contributed by atoms with E-state index in [0.717, 1.165) is 12.1 Å². The Labute approximate surface area is 91.5 Å². The second-order valence-corrected chi connectivity index (χ2v) is 3.54. The molecule has 1 atom stereocenters. The van der Waals surface area contributed by atoms with E-state index in [9.17, 15) is 5.11 Å². The number of hydrogen-bond acceptors (Lipinski definition) is 2. The summed E-state index contributed by atoms with van der Waals surface area (Å²) >= 11 is 0. The molecular formula is C13H17NO. The quantitative estimate of drug-likeness (QED) is 0.760. The molecule has 0 radical (unpaired) electrons. The molecule has 1 aromatic rings. The van der Waals surface area contributed by atoms with Crippen LogP contribution in [-0.2, 0) is 0 Å². The summed E-state index contributed by atoms with van der Waals surface area (Å²) in [5.41, 5.74) is 1.09. The van der Waals surface area contributed by atoms with Crippen LogP contribution in [0.2, 0.25) is 0 Å². The van der Waals surface area contributed by atoms with Crippen LogP contribution in [0.1, 0.15) is 25.5 Å². The number of phenolic OH excluding ortho intramolecular Hbond substituents is 1. The molecule has 0 aliphatic carbocycles. The zero-order valence-electron chi connectivity index (χ0n) is 9.27. The maximum absolute atomic E-state index is 9.39. The third-order valence-electron chi connectivity index (χ3n) is 2.60. The fourth-order valence-electron chi connectivity index (χ4n) is 1.64. The molecule has 0 saturated heterocycles. The lowest BCUT2D eigenvalue weighted by atomic mass is 10.1. The third kappa shape index (κ3) is 3.00. The Morgan fingerprint density at radius 1 is 1.53 bits per heavy atom. The van der Waals surface area contributed by atoms with Crippen molar-refractivity contribution in [3.8, 4) is 18.1 Å². The Morgan fingerprint density at radius 2 is 2.27 bits per heavy atom. The van der Waals surface area contributed by atoms with Crippen molar-refractivity contribution in [1.82, 2.24) is 4.90 Å². The van der Waals surface area contributed by atoms with Crippen LogP contribution in [0.5, 0.6) is 5.75 Å². The van der Waals surface area contributed by atoms with Crippen molar-refractivity contribution in [2.45, 2.75) is 19.9 Å². The summed E-state index contributed by atoms with van der Waals surface area (Å²) in [5, 5.41) is 9.39. The van der Waals surface area contributed by atoms with Crippen LogP contribution < -0.4 is 0 Å². The topological polar surface area (TPSA) is 23.5 Å². The monoisotopic (exact) mass is 203 g/mol. The van der Waals surface area contributed by atoms with Crippen molar-refractivity contribution in [3.05, 3.63) is 29.8 Å². The fourth-order valence-corrected chi connectivity index (χ4v) is 1.64. The van der Waals surface area contributed by atoms with E-state index in [0.29, 0.717) is 12.3 Å².